The second kappa shape index (κ2) is 9.05. The van der Waals surface area contributed by atoms with E-state index in [-0.39, 0.29) is 18.4 Å². The molecular weight excluding hydrogens is 432 g/mol. The molecule has 0 atom stereocenters. The maximum absolute atomic E-state index is 12.5. The van der Waals surface area contributed by atoms with E-state index < -0.39 is 0 Å². The van der Waals surface area contributed by atoms with Crippen LogP contribution in [-0.4, -0.2) is 28.1 Å². The van der Waals surface area contributed by atoms with E-state index in [0.29, 0.717) is 17.8 Å². The van der Waals surface area contributed by atoms with Gasteiger partial charge in [0.25, 0.3) is 5.91 Å². The molecule has 0 fully saturated rings. The Labute approximate surface area is 178 Å². The molecule has 1 heterocycles. The summed E-state index contributed by atoms with van der Waals surface area (Å²) in [5.74, 6) is -0.568. The highest BCUT2D eigenvalue weighted by atomic mass is 79.9. The number of benzene rings is 2. The lowest BCUT2D eigenvalue weighted by Gasteiger charge is -2.10. The maximum Gasteiger partial charge on any atom is 0.251 e. The van der Waals surface area contributed by atoms with E-state index in [1.165, 1.54) is 0 Å². The first-order chi connectivity index (χ1) is 13.8. The first kappa shape index (κ1) is 20.8. The van der Waals surface area contributed by atoms with E-state index in [1.54, 1.807) is 12.1 Å². The van der Waals surface area contributed by atoms with Crippen molar-refractivity contribution in [2.75, 3.05) is 11.9 Å². The number of carbonyl (C=O) groups is 2. The number of amides is 2. The van der Waals surface area contributed by atoms with Crippen LogP contribution < -0.4 is 10.6 Å². The Morgan fingerprint density at radius 2 is 1.86 bits per heavy atom. The molecule has 0 aliphatic carbocycles. The standard InChI is InChI=1S/C22H23BrN4O2/c1-14-9-19(7-8-20(14)23)25-21(28)12-24-22(29)18-6-4-5-17(11-18)13-27-16(3)10-15(2)26-27/h4-11H,12-13H2,1-3H3,(H,24,29)(H,25,28). The number of hydrogen-bond acceptors (Lipinski definition) is 3. The Bertz CT molecular complexity index is 1060. The summed E-state index contributed by atoms with van der Waals surface area (Å²) < 4.78 is 2.88. The number of aromatic nitrogens is 2. The summed E-state index contributed by atoms with van der Waals surface area (Å²) in [6, 6.07) is 14.9. The predicted octanol–water partition coefficient (Wildman–Crippen LogP) is 3.99. The summed E-state index contributed by atoms with van der Waals surface area (Å²) in [5, 5.41) is 9.90. The van der Waals surface area contributed by atoms with Crippen LogP contribution in [0.2, 0.25) is 0 Å². The van der Waals surface area contributed by atoms with Crippen LogP contribution in [-0.2, 0) is 11.3 Å². The van der Waals surface area contributed by atoms with Gasteiger partial charge in [-0.3, -0.25) is 14.3 Å². The summed E-state index contributed by atoms with van der Waals surface area (Å²) in [7, 11) is 0. The lowest BCUT2D eigenvalue weighted by Crippen LogP contribution is -2.32. The molecule has 0 aliphatic rings. The monoisotopic (exact) mass is 454 g/mol. The molecule has 2 N–H and O–H groups in total. The summed E-state index contributed by atoms with van der Waals surface area (Å²) in [4.78, 5) is 24.6. The number of aryl methyl sites for hydroxylation is 3. The second-order valence-electron chi connectivity index (χ2n) is 6.98. The lowest BCUT2D eigenvalue weighted by atomic mass is 10.1. The molecule has 0 saturated heterocycles. The first-order valence-electron chi connectivity index (χ1n) is 9.26. The number of nitrogens with zero attached hydrogens (tertiary/aromatic N) is 2. The van der Waals surface area contributed by atoms with Crippen LogP contribution in [0.5, 0.6) is 0 Å². The average Bonchev–Trinajstić information content (AvgIpc) is 3.00. The Balaban J connectivity index is 1.58. The summed E-state index contributed by atoms with van der Waals surface area (Å²) >= 11 is 3.43. The van der Waals surface area contributed by atoms with Gasteiger partial charge in [-0.05, 0) is 68.3 Å². The van der Waals surface area contributed by atoms with Crippen molar-refractivity contribution in [3.05, 3.63) is 81.1 Å². The normalized spacial score (nSPS) is 10.6. The maximum atomic E-state index is 12.5. The van der Waals surface area contributed by atoms with Crippen LogP contribution in [0, 0.1) is 20.8 Å². The van der Waals surface area contributed by atoms with Crippen molar-refractivity contribution >= 4 is 33.4 Å². The minimum Gasteiger partial charge on any atom is -0.343 e. The molecule has 3 rings (SSSR count). The van der Waals surface area contributed by atoms with E-state index in [0.717, 1.165) is 27.0 Å². The van der Waals surface area contributed by atoms with Crippen LogP contribution in [0.25, 0.3) is 0 Å². The van der Waals surface area contributed by atoms with E-state index in [2.05, 4.69) is 31.7 Å². The Hall–Kier alpha value is -2.93. The van der Waals surface area contributed by atoms with Crippen molar-refractivity contribution in [1.82, 2.24) is 15.1 Å². The van der Waals surface area contributed by atoms with Crippen molar-refractivity contribution in [3.8, 4) is 0 Å². The molecule has 3 aromatic rings. The fraction of sp³-hybridized carbons (Fsp3) is 0.227. The quantitative estimate of drug-likeness (QED) is 0.590. The molecule has 1 aromatic heterocycles. The summed E-state index contributed by atoms with van der Waals surface area (Å²) in [6.45, 7) is 6.39. The van der Waals surface area contributed by atoms with Crippen LogP contribution in [0.1, 0.15) is 32.9 Å². The highest BCUT2D eigenvalue weighted by Crippen LogP contribution is 2.19. The molecule has 150 valence electrons. The Kier molecular flexibility index (Phi) is 6.49. The molecule has 2 amide bonds. The molecule has 6 nitrogen and oxygen atoms in total. The minimum absolute atomic E-state index is 0.102. The predicted molar refractivity (Wildman–Crippen MR) is 117 cm³/mol. The highest BCUT2D eigenvalue weighted by molar-refractivity contribution is 9.10. The lowest BCUT2D eigenvalue weighted by molar-refractivity contribution is -0.115. The largest absolute Gasteiger partial charge is 0.343 e. The summed E-state index contributed by atoms with van der Waals surface area (Å²) in [5.41, 5.74) is 5.22. The molecule has 2 aromatic carbocycles. The third kappa shape index (κ3) is 5.54. The molecule has 0 aliphatic heterocycles. The van der Waals surface area contributed by atoms with E-state index >= 15 is 0 Å². The fourth-order valence-electron chi connectivity index (χ4n) is 3.01. The molecular formula is C22H23BrN4O2. The van der Waals surface area contributed by atoms with Gasteiger partial charge in [0.2, 0.25) is 5.91 Å². The van der Waals surface area contributed by atoms with Crippen LogP contribution >= 0.6 is 15.9 Å². The Morgan fingerprint density at radius 3 is 2.55 bits per heavy atom. The number of anilines is 1. The average molecular weight is 455 g/mol. The number of halogens is 1. The van der Waals surface area contributed by atoms with Crippen molar-refractivity contribution in [3.63, 3.8) is 0 Å². The van der Waals surface area contributed by atoms with Gasteiger partial charge in [0.1, 0.15) is 0 Å². The summed E-state index contributed by atoms with van der Waals surface area (Å²) in [6.07, 6.45) is 0. The van der Waals surface area contributed by atoms with E-state index in [9.17, 15) is 9.59 Å². The van der Waals surface area contributed by atoms with Gasteiger partial charge >= 0.3 is 0 Å². The van der Waals surface area contributed by atoms with Crippen molar-refractivity contribution < 1.29 is 9.59 Å². The fourth-order valence-corrected chi connectivity index (χ4v) is 3.26. The van der Waals surface area contributed by atoms with Gasteiger partial charge < -0.3 is 10.6 Å². The van der Waals surface area contributed by atoms with Gasteiger partial charge in [0.05, 0.1) is 18.8 Å². The molecule has 0 unspecified atom stereocenters. The molecule has 0 radical (unpaired) electrons. The van der Waals surface area contributed by atoms with Crippen LogP contribution in [0.4, 0.5) is 5.69 Å². The molecule has 0 saturated carbocycles. The minimum atomic E-state index is -0.289. The Morgan fingerprint density at radius 1 is 1.07 bits per heavy atom. The van der Waals surface area contributed by atoms with E-state index in [1.807, 2.05) is 61.9 Å². The van der Waals surface area contributed by atoms with Crippen LogP contribution in [0.3, 0.4) is 0 Å². The number of nitrogens with one attached hydrogen (secondary N) is 2. The zero-order valence-corrected chi connectivity index (χ0v) is 18.2. The van der Waals surface area contributed by atoms with Crippen molar-refractivity contribution in [2.45, 2.75) is 27.3 Å². The highest BCUT2D eigenvalue weighted by Gasteiger charge is 2.10. The number of carbonyl (C=O) groups excluding carboxylic acids is 2. The SMILES string of the molecule is Cc1cc(C)n(Cc2cccc(C(=O)NCC(=O)Nc3ccc(Br)c(C)c3)c2)n1. The number of hydrogen-bond donors (Lipinski definition) is 2. The van der Waals surface area contributed by atoms with Gasteiger partial charge in [-0.25, -0.2) is 0 Å². The van der Waals surface area contributed by atoms with Gasteiger partial charge in [-0.1, -0.05) is 28.1 Å². The molecule has 0 bridgehead atoms. The van der Waals surface area contributed by atoms with Gasteiger partial charge in [-0.2, -0.15) is 5.10 Å². The zero-order chi connectivity index (χ0) is 21.0. The number of rotatable bonds is 6. The van der Waals surface area contributed by atoms with Gasteiger partial charge in [-0.15, -0.1) is 0 Å². The molecule has 0 spiro atoms. The van der Waals surface area contributed by atoms with Gasteiger partial charge in [0, 0.05) is 21.4 Å². The molecule has 7 heteroatoms. The first-order valence-corrected chi connectivity index (χ1v) is 10.1. The van der Waals surface area contributed by atoms with Crippen molar-refractivity contribution in [1.29, 1.82) is 0 Å². The smallest absolute Gasteiger partial charge is 0.251 e. The van der Waals surface area contributed by atoms with Crippen LogP contribution in [0.15, 0.2) is 53.0 Å². The third-order valence-electron chi connectivity index (χ3n) is 4.48. The topological polar surface area (TPSA) is 76.0 Å². The van der Waals surface area contributed by atoms with Gasteiger partial charge in [0.15, 0.2) is 0 Å². The molecule has 29 heavy (non-hydrogen) atoms. The second-order valence-corrected chi connectivity index (χ2v) is 7.83. The zero-order valence-electron chi connectivity index (χ0n) is 16.6. The third-order valence-corrected chi connectivity index (χ3v) is 5.37. The van der Waals surface area contributed by atoms with Crippen molar-refractivity contribution in [2.24, 2.45) is 0 Å². The van der Waals surface area contributed by atoms with E-state index in [4.69, 9.17) is 0 Å².